The average molecular weight is 415 g/mol. The standard InChI is InChI=1S/C25H22N2O2S/c1-17-10-12-18(13-11-17)16-27-24(28)22(21-9-5-15-30-21)23(25(27)29)26-14-4-7-19-6-2-3-8-20(19)26/h2-3,5-6,8-13,15H,4,7,14,16H2,1H3. The van der Waals surface area contributed by atoms with Crippen molar-refractivity contribution in [3.8, 4) is 0 Å². The predicted molar refractivity (Wildman–Crippen MR) is 120 cm³/mol. The zero-order valence-corrected chi connectivity index (χ0v) is 17.6. The molecule has 0 aliphatic carbocycles. The number of anilines is 1. The summed E-state index contributed by atoms with van der Waals surface area (Å²) >= 11 is 1.50. The topological polar surface area (TPSA) is 40.6 Å². The van der Waals surface area contributed by atoms with Gasteiger partial charge in [-0.05, 0) is 48.4 Å². The molecule has 0 unspecified atom stereocenters. The Kier molecular flexibility index (Phi) is 4.75. The van der Waals surface area contributed by atoms with Crippen molar-refractivity contribution in [1.82, 2.24) is 4.90 Å². The Labute approximate surface area is 180 Å². The van der Waals surface area contributed by atoms with Crippen LogP contribution in [0.1, 0.15) is 28.0 Å². The van der Waals surface area contributed by atoms with Crippen LogP contribution in [0, 0.1) is 6.92 Å². The average Bonchev–Trinajstić information content (AvgIpc) is 3.37. The molecule has 150 valence electrons. The smallest absolute Gasteiger partial charge is 0.278 e. The summed E-state index contributed by atoms with van der Waals surface area (Å²) in [4.78, 5) is 31.4. The summed E-state index contributed by atoms with van der Waals surface area (Å²) in [6.45, 7) is 3.04. The fourth-order valence-electron chi connectivity index (χ4n) is 4.24. The Morgan fingerprint density at radius 2 is 1.73 bits per heavy atom. The molecule has 0 radical (unpaired) electrons. The summed E-state index contributed by atoms with van der Waals surface area (Å²) < 4.78 is 0. The van der Waals surface area contributed by atoms with E-state index in [2.05, 4.69) is 11.0 Å². The quantitative estimate of drug-likeness (QED) is 0.577. The first-order valence-corrected chi connectivity index (χ1v) is 11.1. The van der Waals surface area contributed by atoms with Crippen molar-refractivity contribution < 1.29 is 9.59 Å². The molecular weight excluding hydrogens is 392 g/mol. The molecule has 3 heterocycles. The van der Waals surface area contributed by atoms with Crippen LogP contribution >= 0.6 is 11.3 Å². The Hall–Kier alpha value is -3.18. The third-order valence-corrected chi connectivity index (χ3v) is 6.64. The second-order valence-corrected chi connectivity index (χ2v) is 8.71. The third kappa shape index (κ3) is 3.15. The first-order chi connectivity index (χ1) is 14.6. The Morgan fingerprint density at radius 3 is 2.50 bits per heavy atom. The molecule has 0 bridgehead atoms. The van der Waals surface area contributed by atoms with Gasteiger partial charge in [0, 0.05) is 17.1 Å². The molecule has 1 aromatic heterocycles. The van der Waals surface area contributed by atoms with Crippen molar-refractivity contribution in [3.05, 3.63) is 93.3 Å². The lowest BCUT2D eigenvalue weighted by Crippen LogP contribution is -2.36. The molecule has 30 heavy (non-hydrogen) atoms. The van der Waals surface area contributed by atoms with Crippen LogP contribution in [0.15, 0.2) is 71.7 Å². The molecule has 0 saturated carbocycles. The molecule has 4 nitrogen and oxygen atoms in total. The lowest BCUT2D eigenvalue weighted by atomic mass is 10.00. The number of amides is 2. The van der Waals surface area contributed by atoms with Crippen LogP contribution in [0.25, 0.3) is 5.57 Å². The molecule has 0 saturated heterocycles. The van der Waals surface area contributed by atoms with Crippen LogP contribution < -0.4 is 4.90 Å². The number of thiophene rings is 1. The second kappa shape index (κ2) is 7.58. The lowest BCUT2D eigenvalue weighted by Gasteiger charge is -2.32. The number of hydrogen-bond acceptors (Lipinski definition) is 4. The monoisotopic (exact) mass is 414 g/mol. The highest BCUT2D eigenvalue weighted by Crippen LogP contribution is 2.39. The highest BCUT2D eigenvalue weighted by molar-refractivity contribution is 7.11. The molecule has 0 fully saturated rings. The largest absolute Gasteiger partial charge is 0.336 e. The number of nitrogens with zero attached hydrogens (tertiary/aromatic N) is 2. The van der Waals surface area contributed by atoms with E-state index in [1.165, 1.54) is 21.8 Å². The molecule has 5 rings (SSSR count). The highest BCUT2D eigenvalue weighted by atomic mass is 32.1. The van der Waals surface area contributed by atoms with Crippen molar-refractivity contribution >= 4 is 34.4 Å². The summed E-state index contributed by atoms with van der Waals surface area (Å²) in [7, 11) is 0. The maximum Gasteiger partial charge on any atom is 0.278 e. The van der Waals surface area contributed by atoms with Gasteiger partial charge in [-0.15, -0.1) is 11.3 Å². The van der Waals surface area contributed by atoms with Gasteiger partial charge in [0.15, 0.2) is 0 Å². The third-order valence-electron chi connectivity index (χ3n) is 5.75. The number of carbonyl (C=O) groups excluding carboxylic acids is 2. The first-order valence-electron chi connectivity index (χ1n) is 10.2. The minimum absolute atomic E-state index is 0.207. The number of rotatable bonds is 4. The molecule has 0 atom stereocenters. The Balaban J connectivity index is 1.59. The van der Waals surface area contributed by atoms with E-state index in [0.29, 0.717) is 11.3 Å². The van der Waals surface area contributed by atoms with Gasteiger partial charge in [0.25, 0.3) is 11.8 Å². The molecule has 3 aromatic rings. The number of para-hydroxylation sites is 1. The lowest BCUT2D eigenvalue weighted by molar-refractivity contribution is -0.137. The van der Waals surface area contributed by atoms with Crippen molar-refractivity contribution in [3.63, 3.8) is 0 Å². The van der Waals surface area contributed by atoms with E-state index in [1.54, 1.807) is 0 Å². The molecule has 0 N–H and O–H groups in total. The number of fused-ring (bicyclic) bond motifs is 1. The maximum absolute atomic E-state index is 13.6. The Bertz CT molecular complexity index is 1150. The summed E-state index contributed by atoms with van der Waals surface area (Å²) in [6, 6.07) is 20.0. The molecule has 5 heteroatoms. The fourth-order valence-corrected chi connectivity index (χ4v) is 5.00. The van der Waals surface area contributed by atoms with E-state index in [9.17, 15) is 9.59 Å². The molecule has 2 aromatic carbocycles. The van der Waals surface area contributed by atoms with Crippen LogP contribution in [0.5, 0.6) is 0 Å². The molecular formula is C25H22N2O2S. The maximum atomic E-state index is 13.6. The minimum atomic E-state index is -0.208. The SMILES string of the molecule is Cc1ccc(CN2C(=O)C(c3cccs3)=C(N3CCCc4ccccc43)C2=O)cc1. The van der Waals surface area contributed by atoms with E-state index in [4.69, 9.17) is 0 Å². The van der Waals surface area contributed by atoms with E-state index in [1.807, 2.05) is 66.9 Å². The van der Waals surface area contributed by atoms with E-state index in [-0.39, 0.29) is 18.4 Å². The van der Waals surface area contributed by atoms with Crippen molar-refractivity contribution in [2.24, 2.45) is 0 Å². The number of carbonyl (C=O) groups is 2. The number of imide groups is 1. The van der Waals surface area contributed by atoms with Crippen LogP contribution in [0.4, 0.5) is 5.69 Å². The second-order valence-electron chi connectivity index (χ2n) is 7.77. The van der Waals surface area contributed by atoms with E-state index >= 15 is 0 Å². The van der Waals surface area contributed by atoms with E-state index < -0.39 is 0 Å². The number of aryl methyl sites for hydroxylation is 2. The van der Waals surface area contributed by atoms with Gasteiger partial charge in [0.1, 0.15) is 5.70 Å². The summed E-state index contributed by atoms with van der Waals surface area (Å²) in [5.74, 6) is -0.415. The van der Waals surface area contributed by atoms with Crippen LogP contribution in [0.2, 0.25) is 0 Å². The van der Waals surface area contributed by atoms with Gasteiger partial charge in [-0.2, -0.15) is 0 Å². The zero-order valence-electron chi connectivity index (χ0n) is 16.8. The highest BCUT2D eigenvalue weighted by Gasteiger charge is 2.43. The molecule has 2 amide bonds. The van der Waals surface area contributed by atoms with Crippen LogP contribution in [-0.2, 0) is 22.6 Å². The van der Waals surface area contributed by atoms with E-state index in [0.717, 1.165) is 41.1 Å². The van der Waals surface area contributed by atoms with Crippen LogP contribution in [0.3, 0.4) is 0 Å². The molecule has 0 spiro atoms. The van der Waals surface area contributed by atoms with Gasteiger partial charge in [0.05, 0.1) is 12.1 Å². The van der Waals surface area contributed by atoms with Gasteiger partial charge in [0.2, 0.25) is 0 Å². The van der Waals surface area contributed by atoms with Gasteiger partial charge >= 0.3 is 0 Å². The fraction of sp³-hybridized carbons (Fsp3) is 0.200. The van der Waals surface area contributed by atoms with Gasteiger partial charge in [-0.3, -0.25) is 14.5 Å². The van der Waals surface area contributed by atoms with Crippen molar-refractivity contribution in [2.75, 3.05) is 11.4 Å². The van der Waals surface area contributed by atoms with Gasteiger partial charge in [-0.25, -0.2) is 0 Å². The zero-order chi connectivity index (χ0) is 20.7. The Morgan fingerprint density at radius 1 is 0.933 bits per heavy atom. The first kappa shape index (κ1) is 18.8. The van der Waals surface area contributed by atoms with Crippen molar-refractivity contribution in [2.45, 2.75) is 26.3 Å². The van der Waals surface area contributed by atoms with Gasteiger partial charge in [-0.1, -0.05) is 54.1 Å². The summed E-state index contributed by atoms with van der Waals surface area (Å²) in [6.07, 6.45) is 1.95. The molecule has 2 aliphatic rings. The number of benzene rings is 2. The van der Waals surface area contributed by atoms with Crippen molar-refractivity contribution in [1.29, 1.82) is 0 Å². The summed E-state index contributed by atoms with van der Waals surface area (Å²) in [5, 5.41) is 1.95. The normalized spacial score (nSPS) is 16.4. The minimum Gasteiger partial charge on any atom is -0.336 e. The van der Waals surface area contributed by atoms with Crippen LogP contribution in [-0.4, -0.2) is 23.3 Å². The predicted octanol–water partition coefficient (Wildman–Crippen LogP) is 4.79. The number of hydrogen-bond donors (Lipinski definition) is 0. The molecule has 2 aliphatic heterocycles. The summed E-state index contributed by atoms with van der Waals surface area (Å²) in [5.41, 5.74) is 5.40. The van der Waals surface area contributed by atoms with Gasteiger partial charge < -0.3 is 4.90 Å².